The highest BCUT2D eigenvalue weighted by atomic mass is 35.5. The highest BCUT2D eigenvalue weighted by Crippen LogP contribution is 2.20. The van der Waals surface area contributed by atoms with E-state index >= 15 is 0 Å². The van der Waals surface area contributed by atoms with E-state index in [1.54, 1.807) is 18.6 Å². The second-order valence-corrected chi connectivity index (χ2v) is 7.09. The average molecular weight is 375 g/mol. The number of hydrogen-bond acceptors (Lipinski definition) is 5. The maximum atomic E-state index is 12.1. The van der Waals surface area contributed by atoms with Crippen LogP contribution in [0.15, 0.2) is 42.9 Å². The molecule has 0 aliphatic carbocycles. The van der Waals surface area contributed by atoms with Crippen LogP contribution in [0.2, 0.25) is 5.02 Å². The lowest BCUT2D eigenvalue weighted by atomic mass is 10.0. The molecule has 1 amide bonds. The normalized spacial score (nSPS) is 20.2. The number of nitrogens with one attached hydrogen (secondary N) is 1. The number of amides is 1. The number of β-amino-alcohol motifs (C(OH)–C–C–N with tert-alkyl or cyclic N) is 1. The molecule has 0 saturated carbocycles. The van der Waals surface area contributed by atoms with Crippen molar-refractivity contribution in [2.24, 2.45) is 5.92 Å². The van der Waals surface area contributed by atoms with Crippen LogP contribution in [-0.2, 0) is 17.6 Å². The van der Waals surface area contributed by atoms with Gasteiger partial charge in [0.2, 0.25) is 5.91 Å². The maximum Gasteiger partial charge on any atom is 0.234 e. The van der Waals surface area contributed by atoms with Gasteiger partial charge in [0.1, 0.15) is 0 Å². The number of carbonyl (C=O) groups excluding carboxylic acids is 1. The molecule has 2 heterocycles. The molecule has 138 valence electrons. The summed E-state index contributed by atoms with van der Waals surface area (Å²) in [4.78, 5) is 22.4. The Bertz CT molecular complexity index is 711. The van der Waals surface area contributed by atoms with Gasteiger partial charge in [0.05, 0.1) is 18.3 Å². The van der Waals surface area contributed by atoms with Crippen LogP contribution in [0.3, 0.4) is 0 Å². The van der Waals surface area contributed by atoms with Gasteiger partial charge >= 0.3 is 0 Å². The number of hydrogen-bond donors (Lipinski definition) is 2. The molecule has 1 aliphatic heterocycles. The minimum absolute atomic E-state index is 0.0219. The molecule has 1 saturated heterocycles. The Morgan fingerprint density at radius 2 is 2.08 bits per heavy atom. The van der Waals surface area contributed by atoms with E-state index in [9.17, 15) is 9.90 Å². The van der Waals surface area contributed by atoms with Crippen LogP contribution in [0.25, 0.3) is 0 Å². The molecule has 2 N–H and O–H groups in total. The van der Waals surface area contributed by atoms with Crippen LogP contribution >= 0.6 is 11.6 Å². The molecule has 0 unspecified atom stereocenters. The maximum absolute atomic E-state index is 12.1. The number of likely N-dealkylation sites (tertiary alicyclic amines) is 1. The van der Waals surface area contributed by atoms with Gasteiger partial charge < -0.3 is 10.4 Å². The third-order valence-corrected chi connectivity index (χ3v) is 4.84. The monoisotopic (exact) mass is 374 g/mol. The number of aromatic nitrogens is 2. The van der Waals surface area contributed by atoms with Gasteiger partial charge in [-0.25, -0.2) is 0 Å². The summed E-state index contributed by atoms with van der Waals surface area (Å²) in [5, 5.41) is 13.9. The molecule has 7 heteroatoms. The Morgan fingerprint density at radius 1 is 1.27 bits per heavy atom. The molecule has 1 fully saturated rings. The molecule has 6 nitrogen and oxygen atoms in total. The summed E-state index contributed by atoms with van der Waals surface area (Å²) in [6, 6.07) is 7.62. The summed E-state index contributed by atoms with van der Waals surface area (Å²) in [6.45, 7) is 2.08. The third-order valence-electron chi connectivity index (χ3n) is 4.59. The molecule has 1 aromatic carbocycles. The molecule has 0 radical (unpaired) electrons. The second kappa shape index (κ2) is 9.07. The Morgan fingerprint density at radius 3 is 2.81 bits per heavy atom. The molecule has 26 heavy (non-hydrogen) atoms. The SMILES string of the molecule is O=C(CN1C[C@@H](Cc2cnccn2)[C@H](O)C1)NCCc1ccc(Cl)cc1. The van der Waals surface area contributed by atoms with E-state index in [-0.39, 0.29) is 11.8 Å². The first-order valence-electron chi connectivity index (χ1n) is 8.76. The third kappa shape index (κ3) is 5.49. The van der Waals surface area contributed by atoms with Crippen LogP contribution in [-0.4, -0.2) is 58.2 Å². The lowest BCUT2D eigenvalue weighted by molar-refractivity contribution is -0.122. The largest absolute Gasteiger partial charge is 0.391 e. The van der Waals surface area contributed by atoms with E-state index in [4.69, 9.17) is 11.6 Å². The van der Waals surface area contributed by atoms with Gasteiger partial charge in [-0.05, 0) is 30.5 Å². The lowest BCUT2D eigenvalue weighted by Gasteiger charge is -2.15. The zero-order valence-electron chi connectivity index (χ0n) is 14.5. The molecule has 3 rings (SSSR count). The smallest absolute Gasteiger partial charge is 0.234 e. The van der Waals surface area contributed by atoms with Crippen LogP contribution < -0.4 is 5.32 Å². The first-order valence-corrected chi connectivity index (χ1v) is 9.14. The Hall–Kier alpha value is -2.02. The number of aliphatic hydroxyl groups excluding tert-OH is 1. The number of benzene rings is 1. The molecule has 2 atom stereocenters. The number of rotatable bonds is 7. The molecule has 1 aliphatic rings. The fourth-order valence-electron chi connectivity index (χ4n) is 3.23. The average Bonchev–Trinajstić information content (AvgIpc) is 2.96. The molecule has 0 bridgehead atoms. The van der Waals surface area contributed by atoms with Crippen molar-refractivity contribution in [2.75, 3.05) is 26.2 Å². The minimum Gasteiger partial charge on any atom is -0.391 e. The van der Waals surface area contributed by atoms with Crippen molar-refractivity contribution in [3.63, 3.8) is 0 Å². The summed E-state index contributed by atoms with van der Waals surface area (Å²) >= 11 is 5.86. The first kappa shape index (κ1) is 18.8. The molecule has 1 aromatic heterocycles. The number of nitrogens with zero attached hydrogens (tertiary/aromatic N) is 3. The number of carbonyl (C=O) groups is 1. The van der Waals surface area contributed by atoms with Gasteiger partial charge in [-0.2, -0.15) is 0 Å². The van der Waals surface area contributed by atoms with E-state index in [0.717, 1.165) is 17.7 Å². The van der Waals surface area contributed by atoms with Crippen molar-refractivity contribution in [3.05, 3.63) is 59.1 Å². The highest BCUT2D eigenvalue weighted by Gasteiger charge is 2.32. The highest BCUT2D eigenvalue weighted by molar-refractivity contribution is 6.30. The zero-order valence-corrected chi connectivity index (χ0v) is 15.3. The molecule has 2 aromatic rings. The number of aliphatic hydroxyl groups is 1. The van der Waals surface area contributed by atoms with Gasteiger partial charge in [-0.3, -0.25) is 19.7 Å². The van der Waals surface area contributed by atoms with Crippen molar-refractivity contribution in [1.29, 1.82) is 0 Å². The summed E-state index contributed by atoms with van der Waals surface area (Å²) in [6.07, 6.45) is 6.00. The zero-order chi connectivity index (χ0) is 18.4. The fraction of sp³-hybridized carbons (Fsp3) is 0.421. The summed E-state index contributed by atoms with van der Waals surface area (Å²) < 4.78 is 0. The van der Waals surface area contributed by atoms with E-state index in [2.05, 4.69) is 15.3 Å². The Balaban J connectivity index is 1.39. The summed E-state index contributed by atoms with van der Waals surface area (Å²) in [5.74, 6) is 0.0554. The van der Waals surface area contributed by atoms with Crippen molar-refractivity contribution in [2.45, 2.75) is 18.9 Å². The van der Waals surface area contributed by atoms with E-state index < -0.39 is 6.10 Å². The lowest BCUT2D eigenvalue weighted by Crippen LogP contribution is -2.37. The second-order valence-electron chi connectivity index (χ2n) is 6.65. The molecule has 0 spiro atoms. The van der Waals surface area contributed by atoms with Crippen molar-refractivity contribution in [1.82, 2.24) is 20.2 Å². The number of halogens is 1. The topological polar surface area (TPSA) is 78.4 Å². The van der Waals surface area contributed by atoms with Crippen molar-refractivity contribution in [3.8, 4) is 0 Å². The van der Waals surface area contributed by atoms with Gasteiger partial charge in [-0.15, -0.1) is 0 Å². The summed E-state index contributed by atoms with van der Waals surface area (Å²) in [7, 11) is 0. The predicted octanol–water partition coefficient (Wildman–Crippen LogP) is 1.32. The van der Waals surface area contributed by atoms with Crippen LogP contribution in [0, 0.1) is 5.92 Å². The van der Waals surface area contributed by atoms with E-state index in [0.29, 0.717) is 37.6 Å². The van der Waals surface area contributed by atoms with Crippen molar-refractivity contribution >= 4 is 17.5 Å². The standard InChI is InChI=1S/C19H23ClN4O2/c20-16-3-1-14(2-4-16)5-6-23-19(26)13-24-11-15(18(25)12-24)9-17-10-21-7-8-22-17/h1-4,7-8,10,15,18,25H,5-6,9,11-13H2,(H,23,26)/t15-,18-/m1/s1. The minimum atomic E-state index is -0.445. The quantitative estimate of drug-likeness (QED) is 0.764. The van der Waals surface area contributed by atoms with Crippen LogP contribution in [0.1, 0.15) is 11.3 Å². The van der Waals surface area contributed by atoms with Crippen LogP contribution in [0.5, 0.6) is 0 Å². The van der Waals surface area contributed by atoms with Gasteiger partial charge in [0, 0.05) is 49.2 Å². The summed E-state index contributed by atoms with van der Waals surface area (Å²) in [5.41, 5.74) is 2.00. The predicted molar refractivity (Wildman–Crippen MR) is 99.8 cm³/mol. The molecular formula is C19H23ClN4O2. The van der Waals surface area contributed by atoms with Gasteiger partial charge in [-0.1, -0.05) is 23.7 Å². The van der Waals surface area contributed by atoms with Gasteiger partial charge in [0.15, 0.2) is 0 Å². The first-order chi connectivity index (χ1) is 12.6. The molecular weight excluding hydrogens is 352 g/mol. The van der Waals surface area contributed by atoms with Crippen LogP contribution in [0.4, 0.5) is 0 Å². The van der Waals surface area contributed by atoms with Crippen molar-refractivity contribution < 1.29 is 9.90 Å². The van der Waals surface area contributed by atoms with E-state index in [1.165, 1.54) is 0 Å². The Labute approximate surface area is 158 Å². The fourth-order valence-corrected chi connectivity index (χ4v) is 3.36. The van der Waals surface area contributed by atoms with E-state index in [1.807, 2.05) is 29.2 Å². The van der Waals surface area contributed by atoms with Gasteiger partial charge in [0.25, 0.3) is 0 Å². The Kier molecular flexibility index (Phi) is 6.55.